The van der Waals surface area contributed by atoms with Crippen LogP contribution in [-0.2, 0) is 38.4 Å². The number of aromatic nitrogens is 1. The van der Waals surface area contributed by atoms with Crippen molar-refractivity contribution in [2.75, 3.05) is 37.1 Å². The molecule has 8 nitrogen and oxygen atoms in total. The average molecular weight is 548 g/mol. The quantitative estimate of drug-likeness (QED) is 0.381. The number of carbonyl (C=O) groups is 3. The highest BCUT2D eigenvalue weighted by molar-refractivity contribution is 8.00. The van der Waals surface area contributed by atoms with Gasteiger partial charge in [-0.1, -0.05) is 23.5 Å². The Morgan fingerprint density at radius 1 is 1.14 bits per heavy atom. The molecule has 1 N–H and O–H groups in total. The normalized spacial score (nSPS) is 13.6. The first-order valence-electron chi connectivity index (χ1n) is 11.9. The molecule has 36 heavy (non-hydrogen) atoms. The van der Waals surface area contributed by atoms with Gasteiger partial charge in [-0.15, -0.1) is 23.1 Å². The number of rotatable bonds is 10. The highest BCUT2D eigenvalue weighted by atomic mass is 32.2. The molecule has 0 fully saturated rings. The largest absolute Gasteiger partial charge is 0.462 e. The lowest BCUT2D eigenvalue weighted by molar-refractivity contribution is -0.115. The van der Waals surface area contributed by atoms with Gasteiger partial charge < -0.3 is 19.4 Å². The number of anilines is 1. The van der Waals surface area contributed by atoms with Crippen molar-refractivity contribution in [1.82, 2.24) is 4.57 Å². The minimum Gasteiger partial charge on any atom is -0.462 e. The molecule has 2 heterocycles. The van der Waals surface area contributed by atoms with Crippen molar-refractivity contribution < 1.29 is 23.9 Å². The number of fused-ring (bicyclic) bond motifs is 2. The summed E-state index contributed by atoms with van der Waals surface area (Å²) in [5.41, 5.74) is 2.51. The van der Waals surface area contributed by atoms with E-state index < -0.39 is 0 Å². The SMILES string of the molecule is CCOC(=O)c1c(NC(=O)CSCC(=O)N=c2sc3ccccc3n2CCOC)sc2c1CCCC2. The van der Waals surface area contributed by atoms with E-state index in [0.717, 1.165) is 46.3 Å². The summed E-state index contributed by atoms with van der Waals surface area (Å²) >= 11 is 4.11. The topological polar surface area (TPSA) is 99.0 Å². The van der Waals surface area contributed by atoms with Crippen molar-refractivity contribution in [3.63, 3.8) is 0 Å². The van der Waals surface area contributed by atoms with Gasteiger partial charge in [-0.2, -0.15) is 4.99 Å². The van der Waals surface area contributed by atoms with Crippen LogP contribution in [0.25, 0.3) is 10.2 Å². The molecule has 1 aliphatic rings. The third-order valence-electron chi connectivity index (χ3n) is 5.69. The zero-order chi connectivity index (χ0) is 25.5. The molecular weight excluding hydrogens is 518 g/mol. The molecule has 0 saturated heterocycles. The van der Waals surface area contributed by atoms with Crippen LogP contribution in [0.5, 0.6) is 0 Å². The number of benzene rings is 1. The summed E-state index contributed by atoms with van der Waals surface area (Å²) in [4.78, 5) is 43.9. The van der Waals surface area contributed by atoms with Gasteiger partial charge in [-0.05, 0) is 50.3 Å². The van der Waals surface area contributed by atoms with Crippen LogP contribution in [0.4, 0.5) is 5.00 Å². The molecule has 0 spiro atoms. The summed E-state index contributed by atoms with van der Waals surface area (Å²) < 4.78 is 13.5. The number of thioether (sulfide) groups is 1. The lowest BCUT2D eigenvalue weighted by Crippen LogP contribution is -2.20. The number of para-hydroxylation sites is 1. The average Bonchev–Trinajstić information content (AvgIpc) is 3.40. The lowest BCUT2D eigenvalue weighted by atomic mass is 9.95. The second-order valence-electron chi connectivity index (χ2n) is 8.18. The van der Waals surface area contributed by atoms with E-state index in [9.17, 15) is 14.4 Å². The number of aryl methyl sites for hydroxylation is 1. The van der Waals surface area contributed by atoms with Crippen molar-refractivity contribution >= 4 is 67.4 Å². The summed E-state index contributed by atoms with van der Waals surface area (Å²) in [5.74, 6) is -0.781. The smallest absolute Gasteiger partial charge is 0.341 e. The molecule has 1 aliphatic carbocycles. The van der Waals surface area contributed by atoms with Crippen LogP contribution in [0, 0.1) is 0 Å². The van der Waals surface area contributed by atoms with Gasteiger partial charge in [0, 0.05) is 18.5 Å². The van der Waals surface area contributed by atoms with Crippen LogP contribution in [0.15, 0.2) is 29.3 Å². The molecule has 11 heteroatoms. The Balaban J connectivity index is 1.39. The van der Waals surface area contributed by atoms with Crippen molar-refractivity contribution in [2.24, 2.45) is 4.99 Å². The van der Waals surface area contributed by atoms with Gasteiger partial charge in [-0.3, -0.25) is 9.59 Å². The number of carbonyl (C=O) groups excluding carboxylic acids is 3. The number of thiophene rings is 1. The number of hydrogen-bond donors (Lipinski definition) is 1. The Morgan fingerprint density at radius 3 is 2.75 bits per heavy atom. The molecule has 0 saturated carbocycles. The monoisotopic (exact) mass is 547 g/mol. The Labute approximate surface area is 221 Å². The molecule has 192 valence electrons. The Bertz CT molecular complexity index is 1320. The highest BCUT2D eigenvalue weighted by Crippen LogP contribution is 2.38. The summed E-state index contributed by atoms with van der Waals surface area (Å²) in [5, 5.41) is 3.43. The van der Waals surface area contributed by atoms with Crippen LogP contribution in [-0.4, -0.2) is 54.2 Å². The van der Waals surface area contributed by atoms with Crippen LogP contribution < -0.4 is 10.1 Å². The van der Waals surface area contributed by atoms with Crippen molar-refractivity contribution in [3.05, 3.63) is 45.1 Å². The zero-order valence-corrected chi connectivity index (χ0v) is 22.8. The van der Waals surface area contributed by atoms with E-state index in [1.54, 1.807) is 14.0 Å². The summed E-state index contributed by atoms with van der Waals surface area (Å²) in [7, 11) is 1.64. The first kappa shape index (κ1) is 26.6. The minimum absolute atomic E-state index is 0.0810. The van der Waals surface area contributed by atoms with Crippen LogP contribution in [0.2, 0.25) is 0 Å². The molecule has 4 rings (SSSR count). The van der Waals surface area contributed by atoms with Crippen LogP contribution in [0.1, 0.15) is 40.6 Å². The predicted molar refractivity (Wildman–Crippen MR) is 145 cm³/mol. The maximum Gasteiger partial charge on any atom is 0.341 e. The third-order valence-corrected chi connectivity index (χ3v) is 8.87. The first-order chi connectivity index (χ1) is 17.5. The first-order valence-corrected chi connectivity index (χ1v) is 14.6. The van der Waals surface area contributed by atoms with Gasteiger partial charge in [0.05, 0.1) is 40.5 Å². The second kappa shape index (κ2) is 12.7. The van der Waals surface area contributed by atoms with E-state index in [1.807, 2.05) is 28.8 Å². The van der Waals surface area contributed by atoms with Gasteiger partial charge in [0.25, 0.3) is 5.91 Å². The van der Waals surface area contributed by atoms with Crippen molar-refractivity contribution in [3.8, 4) is 0 Å². The standard InChI is InChI=1S/C25H29N3O5S3/c1-3-33-24(31)22-16-8-4-6-10-18(16)35-23(22)26-20(29)14-34-15-21(30)27-25-28(12-13-32-2)17-9-5-7-11-19(17)36-25/h5,7,9,11H,3-4,6,8,10,12-15H2,1-2H3,(H,26,29). The Kier molecular flexibility index (Phi) is 9.35. The summed E-state index contributed by atoms with van der Waals surface area (Å²) in [6, 6.07) is 7.91. The molecule has 2 amide bonds. The molecule has 0 bridgehead atoms. The molecule has 0 atom stereocenters. The number of esters is 1. The van der Waals surface area contributed by atoms with Gasteiger partial charge in [0.1, 0.15) is 5.00 Å². The maximum atomic E-state index is 12.7. The van der Waals surface area contributed by atoms with Gasteiger partial charge in [0.2, 0.25) is 5.91 Å². The molecule has 1 aromatic carbocycles. The predicted octanol–water partition coefficient (Wildman–Crippen LogP) is 4.27. The van der Waals surface area contributed by atoms with E-state index in [4.69, 9.17) is 9.47 Å². The number of ether oxygens (including phenoxy) is 2. The van der Waals surface area contributed by atoms with E-state index in [1.165, 1.54) is 34.4 Å². The second-order valence-corrected chi connectivity index (χ2v) is 11.3. The lowest BCUT2D eigenvalue weighted by Gasteiger charge is -2.12. The minimum atomic E-state index is -0.390. The van der Waals surface area contributed by atoms with Crippen molar-refractivity contribution in [1.29, 1.82) is 0 Å². The van der Waals surface area contributed by atoms with E-state index in [-0.39, 0.29) is 35.9 Å². The molecule has 0 aliphatic heterocycles. The van der Waals surface area contributed by atoms with Gasteiger partial charge in [-0.25, -0.2) is 4.79 Å². The zero-order valence-electron chi connectivity index (χ0n) is 20.3. The number of methoxy groups -OCH3 is 1. The number of nitrogens with one attached hydrogen (secondary N) is 1. The van der Waals surface area contributed by atoms with Crippen molar-refractivity contribution in [2.45, 2.75) is 39.2 Å². The van der Waals surface area contributed by atoms with Crippen LogP contribution in [0.3, 0.4) is 0 Å². The van der Waals surface area contributed by atoms with E-state index in [0.29, 0.717) is 28.5 Å². The molecule has 0 radical (unpaired) electrons. The fourth-order valence-corrected chi connectivity index (χ4v) is 7.08. The highest BCUT2D eigenvalue weighted by Gasteiger charge is 2.27. The maximum absolute atomic E-state index is 12.7. The fraction of sp³-hybridized carbons (Fsp3) is 0.440. The molecule has 2 aromatic heterocycles. The number of nitrogens with zero attached hydrogens (tertiary/aromatic N) is 2. The third kappa shape index (κ3) is 6.26. The van der Waals surface area contributed by atoms with E-state index >= 15 is 0 Å². The van der Waals surface area contributed by atoms with E-state index in [2.05, 4.69) is 10.3 Å². The number of thiazole rings is 1. The molecular formula is C25H29N3O5S3. The Hall–Kier alpha value is -2.47. The van der Waals surface area contributed by atoms with Crippen LogP contribution >= 0.6 is 34.4 Å². The number of amides is 2. The molecule has 3 aromatic rings. The molecule has 0 unspecified atom stereocenters. The summed E-state index contributed by atoms with van der Waals surface area (Å²) in [6.07, 6.45) is 3.84. The number of hydrogen-bond acceptors (Lipinski definition) is 8. The fourth-order valence-electron chi connectivity index (χ4n) is 4.11. The Morgan fingerprint density at radius 2 is 1.94 bits per heavy atom. The van der Waals surface area contributed by atoms with Gasteiger partial charge in [0.15, 0.2) is 4.80 Å². The summed E-state index contributed by atoms with van der Waals surface area (Å²) in [6.45, 7) is 3.15. The van der Waals surface area contributed by atoms with Gasteiger partial charge >= 0.3 is 5.97 Å².